The zero-order valence-corrected chi connectivity index (χ0v) is 14.0. The number of alkyl halides is 3. The van der Waals surface area contributed by atoms with Crippen LogP contribution >= 0.6 is 0 Å². The lowest BCUT2D eigenvalue weighted by Gasteiger charge is -2.14. The topological polar surface area (TPSA) is 49.8 Å². The maximum atomic E-state index is 13.1. The molecule has 0 saturated carbocycles. The van der Waals surface area contributed by atoms with Crippen molar-refractivity contribution < 1.29 is 13.2 Å². The molecule has 0 atom stereocenters. The van der Waals surface area contributed by atoms with Crippen LogP contribution in [0, 0.1) is 6.92 Å². The predicted molar refractivity (Wildman–Crippen MR) is 95.3 cm³/mol. The van der Waals surface area contributed by atoms with Gasteiger partial charge in [0, 0.05) is 12.7 Å². The van der Waals surface area contributed by atoms with E-state index in [2.05, 4.69) is 20.6 Å². The molecule has 0 radical (unpaired) electrons. The smallest absolute Gasteiger partial charge is 0.350 e. The fraction of sp³-hybridized carbons (Fsp3) is 0.158. The van der Waals surface area contributed by atoms with Gasteiger partial charge in [0.1, 0.15) is 5.82 Å². The van der Waals surface area contributed by atoms with Gasteiger partial charge in [-0.15, -0.1) is 0 Å². The molecule has 0 aliphatic heterocycles. The van der Waals surface area contributed by atoms with E-state index in [9.17, 15) is 13.2 Å². The third kappa shape index (κ3) is 4.30. The molecule has 0 saturated heterocycles. The normalized spacial score (nSPS) is 11.2. The average Bonchev–Trinajstić information content (AvgIpc) is 2.61. The fourth-order valence-electron chi connectivity index (χ4n) is 2.47. The molecule has 3 rings (SSSR count). The van der Waals surface area contributed by atoms with Crippen LogP contribution < -0.4 is 10.6 Å². The van der Waals surface area contributed by atoms with Gasteiger partial charge in [0.25, 0.3) is 0 Å². The molecule has 1 heterocycles. The summed E-state index contributed by atoms with van der Waals surface area (Å²) in [5.74, 6) is 0.617. The first-order valence-electron chi connectivity index (χ1n) is 7.98. The van der Waals surface area contributed by atoms with Crippen LogP contribution in [0.4, 0.5) is 30.6 Å². The summed E-state index contributed by atoms with van der Waals surface area (Å²) in [7, 11) is 0. The Bertz CT molecular complexity index is 894. The highest BCUT2D eigenvalue weighted by atomic mass is 19.4. The number of hydrogen-bond donors (Lipinski definition) is 2. The Morgan fingerprint density at radius 1 is 0.962 bits per heavy atom. The molecule has 1 aromatic heterocycles. The summed E-state index contributed by atoms with van der Waals surface area (Å²) in [6, 6.07) is 14.7. The summed E-state index contributed by atoms with van der Waals surface area (Å²) in [5, 5.41) is 5.81. The summed E-state index contributed by atoms with van der Waals surface area (Å²) in [6.07, 6.45) is -2.95. The van der Waals surface area contributed by atoms with E-state index < -0.39 is 11.7 Å². The minimum Gasteiger partial charge on any atom is -0.350 e. The SMILES string of the molecule is Cc1ccccc1CNc1nccc(Nc2ccccc2C(F)(F)F)n1. The Kier molecular flexibility index (Phi) is 5.06. The standard InChI is InChI=1S/C19H17F3N4/c1-13-6-2-3-7-14(13)12-24-18-23-11-10-17(26-18)25-16-9-5-4-8-15(16)19(20,21)22/h2-11H,12H2,1H3,(H2,23,24,25,26). The molecule has 7 heteroatoms. The second kappa shape index (κ2) is 7.43. The number of para-hydroxylation sites is 1. The first kappa shape index (κ1) is 17.7. The highest BCUT2D eigenvalue weighted by Crippen LogP contribution is 2.35. The van der Waals surface area contributed by atoms with E-state index in [1.807, 2.05) is 31.2 Å². The van der Waals surface area contributed by atoms with E-state index in [0.29, 0.717) is 12.5 Å². The number of benzene rings is 2. The van der Waals surface area contributed by atoms with Crippen molar-refractivity contribution in [3.63, 3.8) is 0 Å². The minimum atomic E-state index is -4.44. The Labute approximate surface area is 149 Å². The van der Waals surface area contributed by atoms with Gasteiger partial charge in [-0.3, -0.25) is 0 Å². The Morgan fingerprint density at radius 2 is 1.69 bits per heavy atom. The van der Waals surface area contributed by atoms with Crippen molar-refractivity contribution in [3.8, 4) is 0 Å². The molecule has 0 unspecified atom stereocenters. The average molecular weight is 358 g/mol. The maximum Gasteiger partial charge on any atom is 0.418 e. The number of aromatic nitrogens is 2. The molecule has 26 heavy (non-hydrogen) atoms. The Hall–Kier alpha value is -3.09. The van der Waals surface area contributed by atoms with Crippen molar-refractivity contribution >= 4 is 17.5 Å². The van der Waals surface area contributed by atoms with Gasteiger partial charge in [0.15, 0.2) is 0 Å². The molecule has 0 fully saturated rings. The third-order valence-electron chi connectivity index (χ3n) is 3.85. The van der Waals surface area contributed by atoms with Crippen LogP contribution in [0.2, 0.25) is 0 Å². The number of anilines is 3. The number of aryl methyl sites for hydroxylation is 1. The number of halogens is 3. The summed E-state index contributed by atoms with van der Waals surface area (Å²) in [5.41, 5.74) is 1.43. The number of nitrogens with zero attached hydrogens (tertiary/aromatic N) is 2. The second-order valence-electron chi connectivity index (χ2n) is 5.71. The van der Waals surface area contributed by atoms with Crippen molar-refractivity contribution in [2.45, 2.75) is 19.6 Å². The molecule has 3 aromatic rings. The zero-order chi connectivity index (χ0) is 18.6. The van der Waals surface area contributed by atoms with E-state index in [4.69, 9.17) is 0 Å². The van der Waals surface area contributed by atoms with Crippen molar-refractivity contribution in [2.75, 3.05) is 10.6 Å². The molecule has 4 nitrogen and oxygen atoms in total. The fourth-order valence-corrected chi connectivity index (χ4v) is 2.47. The van der Waals surface area contributed by atoms with Gasteiger partial charge in [-0.1, -0.05) is 36.4 Å². The number of hydrogen-bond acceptors (Lipinski definition) is 4. The molecule has 134 valence electrons. The maximum absolute atomic E-state index is 13.1. The van der Waals surface area contributed by atoms with Gasteiger partial charge in [-0.25, -0.2) is 4.98 Å². The molecule has 0 bridgehead atoms. The summed E-state index contributed by atoms with van der Waals surface area (Å²) in [6.45, 7) is 2.53. The van der Waals surface area contributed by atoms with Crippen molar-refractivity contribution in [1.29, 1.82) is 0 Å². The first-order valence-corrected chi connectivity index (χ1v) is 7.98. The van der Waals surface area contributed by atoms with Gasteiger partial charge < -0.3 is 10.6 Å². The first-order chi connectivity index (χ1) is 12.4. The number of rotatable bonds is 5. The van der Waals surface area contributed by atoms with Crippen molar-refractivity contribution in [3.05, 3.63) is 77.5 Å². The van der Waals surface area contributed by atoms with Crippen LogP contribution in [0.3, 0.4) is 0 Å². The summed E-state index contributed by atoms with van der Waals surface area (Å²) >= 11 is 0. The molecule has 0 spiro atoms. The van der Waals surface area contributed by atoms with Gasteiger partial charge in [0.05, 0.1) is 11.3 Å². The molecule has 0 aliphatic carbocycles. The minimum absolute atomic E-state index is 0.0523. The lowest BCUT2D eigenvalue weighted by molar-refractivity contribution is -0.136. The van der Waals surface area contributed by atoms with Crippen LogP contribution in [0.25, 0.3) is 0 Å². The van der Waals surface area contributed by atoms with Crippen LogP contribution in [0.1, 0.15) is 16.7 Å². The zero-order valence-electron chi connectivity index (χ0n) is 14.0. The lowest BCUT2D eigenvalue weighted by atomic mass is 10.1. The third-order valence-corrected chi connectivity index (χ3v) is 3.85. The summed E-state index contributed by atoms with van der Waals surface area (Å²) < 4.78 is 39.3. The van der Waals surface area contributed by atoms with Crippen molar-refractivity contribution in [2.24, 2.45) is 0 Å². The largest absolute Gasteiger partial charge is 0.418 e. The van der Waals surface area contributed by atoms with E-state index in [1.54, 1.807) is 0 Å². The molecule has 0 amide bonds. The van der Waals surface area contributed by atoms with Gasteiger partial charge in [0.2, 0.25) is 5.95 Å². The number of nitrogens with one attached hydrogen (secondary N) is 2. The molecular formula is C19H17F3N4. The van der Waals surface area contributed by atoms with Crippen LogP contribution in [-0.2, 0) is 12.7 Å². The predicted octanol–water partition coefficient (Wildman–Crippen LogP) is 5.16. The van der Waals surface area contributed by atoms with Gasteiger partial charge in [-0.05, 0) is 36.2 Å². The lowest BCUT2D eigenvalue weighted by Crippen LogP contribution is -2.10. The Morgan fingerprint density at radius 3 is 2.46 bits per heavy atom. The van der Waals surface area contributed by atoms with E-state index >= 15 is 0 Å². The molecule has 0 aliphatic rings. The quantitative estimate of drug-likeness (QED) is 0.661. The van der Waals surface area contributed by atoms with E-state index in [-0.39, 0.29) is 11.5 Å². The van der Waals surface area contributed by atoms with Crippen molar-refractivity contribution in [1.82, 2.24) is 9.97 Å². The second-order valence-corrected chi connectivity index (χ2v) is 5.71. The van der Waals surface area contributed by atoms with E-state index in [0.717, 1.165) is 17.2 Å². The monoisotopic (exact) mass is 358 g/mol. The summed E-state index contributed by atoms with van der Waals surface area (Å²) in [4.78, 5) is 8.35. The van der Waals surface area contributed by atoms with E-state index in [1.165, 1.54) is 30.5 Å². The van der Waals surface area contributed by atoms with Gasteiger partial charge >= 0.3 is 6.18 Å². The highest BCUT2D eigenvalue weighted by Gasteiger charge is 2.33. The Balaban J connectivity index is 1.75. The molecule has 2 N–H and O–H groups in total. The molecular weight excluding hydrogens is 341 g/mol. The highest BCUT2D eigenvalue weighted by molar-refractivity contribution is 5.61. The van der Waals surface area contributed by atoms with Crippen LogP contribution in [-0.4, -0.2) is 9.97 Å². The van der Waals surface area contributed by atoms with Crippen LogP contribution in [0.5, 0.6) is 0 Å². The molecule has 2 aromatic carbocycles. The van der Waals surface area contributed by atoms with Crippen LogP contribution in [0.15, 0.2) is 60.8 Å². The van der Waals surface area contributed by atoms with Gasteiger partial charge in [-0.2, -0.15) is 18.2 Å².